The normalized spacial score (nSPS) is 27.7. The molecule has 172 valence electrons. The molecule has 0 amide bonds. The van der Waals surface area contributed by atoms with E-state index >= 15 is 0 Å². The van der Waals surface area contributed by atoms with E-state index in [4.69, 9.17) is 0 Å². The summed E-state index contributed by atoms with van der Waals surface area (Å²) in [5, 5.41) is 7.22. The van der Waals surface area contributed by atoms with Gasteiger partial charge in [-0.25, -0.2) is 9.97 Å². The van der Waals surface area contributed by atoms with Crippen molar-refractivity contribution < 1.29 is 0 Å². The highest BCUT2D eigenvalue weighted by Gasteiger charge is 2.46. The van der Waals surface area contributed by atoms with Gasteiger partial charge in [-0.05, 0) is 59.9 Å². The van der Waals surface area contributed by atoms with Gasteiger partial charge in [-0.1, -0.05) is 55.5 Å². The maximum atomic E-state index is 4.65. The highest BCUT2D eigenvalue weighted by molar-refractivity contribution is 5.71. The van der Waals surface area contributed by atoms with Gasteiger partial charge in [0.2, 0.25) is 0 Å². The third-order valence-corrected chi connectivity index (χ3v) is 7.80. The molecule has 0 bridgehead atoms. The standard InChI is InChI=1S/C28H30N6/c1-16-10-23(29-13-16)27-30-14-25(33-27)19-6-2-17(3-7-19)18-4-8-20(9-5-18)26-15-31-28(34-26)24-12-21-11-22(21)32-24/h2-9,14-16,21-24,29,32H,10-13H2,1H3,(H,30,33)(H,31,34)/t16-,21+,22+,23+,24+/m1/s1. The molecule has 34 heavy (non-hydrogen) atoms. The van der Waals surface area contributed by atoms with Gasteiger partial charge in [-0.15, -0.1) is 0 Å². The summed E-state index contributed by atoms with van der Waals surface area (Å²) in [7, 11) is 0. The average Bonchev–Trinajstić information content (AvgIpc) is 3.44. The molecule has 4 heterocycles. The smallest absolute Gasteiger partial charge is 0.123 e. The van der Waals surface area contributed by atoms with E-state index in [2.05, 4.69) is 86.0 Å². The molecule has 6 nitrogen and oxygen atoms in total. The molecule has 1 saturated carbocycles. The molecule has 2 aromatic carbocycles. The number of aromatic nitrogens is 4. The number of benzene rings is 2. The molecule has 0 spiro atoms. The van der Waals surface area contributed by atoms with E-state index in [1.165, 1.54) is 29.5 Å². The molecule has 2 aliphatic heterocycles. The molecule has 4 aromatic rings. The summed E-state index contributed by atoms with van der Waals surface area (Å²) in [6.45, 7) is 3.35. The van der Waals surface area contributed by atoms with E-state index in [1.807, 2.05) is 12.4 Å². The van der Waals surface area contributed by atoms with Gasteiger partial charge in [-0.3, -0.25) is 0 Å². The highest BCUT2D eigenvalue weighted by atomic mass is 15.1. The van der Waals surface area contributed by atoms with Gasteiger partial charge in [0.05, 0.1) is 35.9 Å². The first-order valence-corrected chi connectivity index (χ1v) is 12.5. The molecule has 2 aromatic heterocycles. The number of nitrogens with zero attached hydrogens (tertiary/aromatic N) is 2. The molecular formula is C28H30N6. The van der Waals surface area contributed by atoms with Crippen molar-refractivity contribution >= 4 is 0 Å². The first-order chi connectivity index (χ1) is 16.7. The third kappa shape index (κ3) is 3.67. The Bertz CT molecular complexity index is 1200. The van der Waals surface area contributed by atoms with Crippen LogP contribution in [0.1, 0.15) is 49.9 Å². The number of hydrogen-bond donors (Lipinski definition) is 4. The van der Waals surface area contributed by atoms with E-state index in [1.54, 1.807) is 0 Å². The van der Waals surface area contributed by atoms with Gasteiger partial charge < -0.3 is 20.6 Å². The van der Waals surface area contributed by atoms with E-state index in [0.29, 0.717) is 18.0 Å². The van der Waals surface area contributed by atoms with Crippen molar-refractivity contribution in [3.05, 3.63) is 72.6 Å². The third-order valence-electron chi connectivity index (χ3n) is 7.80. The van der Waals surface area contributed by atoms with Crippen molar-refractivity contribution in [1.29, 1.82) is 0 Å². The minimum absolute atomic E-state index is 0.340. The predicted octanol–water partition coefficient (Wildman–Crippen LogP) is 5.23. The molecule has 0 unspecified atom stereocenters. The summed E-state index contributed by atoms with van der Waals surface area (Å²) in [6, 6.07) is 18.9. The van der Waals surface area contributed by atoms with Crippen LogP contribution in [0, 0.1) is 11.8 Å². The largest absolute Gasteiger partial charge is 0.341 e. The van der Waals surface area contributed by atoms with Gasteiger partial charge in [0.15, 0.2) is 0 Å². The molecule has 0 radical (unpaired) electrons. The van der Waals surface area contributed by atoms with Crippen LogP contribution in [0.2, 0.25) is 0 Å². The summed E-state index contributed by atoms with van der Waals surface area (Å²) in [6.07, 6.45) is 7.60. The van der Waals surface area contributed by atoms with Gasteiger partial charge in [0.25, 0.3) is 0 Å². The zero-order chi connectivity index (χ0) is 22.6. The van der Waals surface area contributed by atoms with Crippen LogP contribution >= 0.6 is 0 Å². The van der Waals surface area contributed by atoms with E-state index < -0.39 is 0 Å². The van der Waals surface area contributed by atoms with Crippen LogP contribution in [-0.2, 0) is 0 Å². The Balaban J connectivity index is 1.05. The Morgan fingerprint density at radius 2 is 1.24 bits per heavy atom. The molecule has 3 fully saturated rings. The lowest BCUT2D eigenvalue weighted by atomic mass is 10.0. The number of H-pyrrole nitrogens is 2. The molecule has 5 atom stereocenters. The summed E-state index contributed by atoms with van der Waals surface area (Å²) in [5.41, 5.74) is 6.90. The molecule has 1 aliphatic carbocycles. The van der Waals surface area contributed by atoms with E-state index in [-0.39, 0.29) is 0 Å². The maximum Gasteiger partial charge on any atom is 0.123 e. The minimum Gasteiger partial charge on any atom is -0.341 e. The number of piperidine rings is 1. The molecule has 3 aliphatic rings. The highest BCUT2D eigenvalue weighted by Crippen LogP contribution is 2.45. The number of rotatable bonds is 5. The molecule has 2 saturated heterocycles. The van der Waals surface area contributed by atoms with Gasteiger partial charge >= 0.3 is 0 Å². The Kier molecular flexibility index (Phi) is 4.71. The van der Waals surface area contributed by atoms with Crippen LogP contribution in [0.5, 0.6) is 0 Å². The second-order valence-corrected chi connectivity index (χ2v) is 10.4. The van der Waals surface area contributed by atoms with Crippen LogP contribution in [0.4, 0.5) is 0 Å². The topological polar surface area (TPSA) is 81.4 Å². The number of nitrogens with one attached hydrogen (secondary N) is 4. The van der Waals surface area contributed by atoms with Crippen molar-refractivity contribution in [1.82, 2.24) is 30.6 Å². The summed E-state index contributed by atoms with van der Waals surface area (Å²) in [5.74, 6) is 3.69. The number of imidazole rings is 2. The zero-order valence-electron chi connectivity index (χ0n) is 19.4. The minimum atomic E-state index is 0.340. The summed E-state index contributed by atoms with van der Waals surface area (Å²) < 4.78 is 0. The van der Waals surface area contributed by atoms with Gasteiger partial charge in [0.1, 0.15) is 11.6 Å². The fraction of sp³-hybridized carbons (Fsp3) is 0.357. The van der Waals surface area contributed by atoms with Crippen LogP contribution in [0.15, 0.2) is 60.9 Å². The molecule has 6 heteroatoms. The van der Waals surface area contributed by atoms with Crippen molar-refractivity contribution in [2.24, 2.45) is 11.8 Å². The molecule has 4 N–H and O–H groups in total. The second kappa shape index (κ2) is 7.93. The van der Waals surface area contributed by atoms with Crippen LogP contribution < -0.4 is 10.6 Å². The molecular weight excluding hydrogens is 420 g/mol. The molecule has 7 rings (SSSR count). The number of fused-ring (bicyclic) bond motifs is 1. The first kappa shape index (κ1) is 20.2. The summed E-state index contributed by atoms with van der Waals surface area (Å²) in [4.78, 5) is 16.3. The fourth-order valence-electron chi connectivity index (χ4n) is 5.66. The lowest BCUT2D eigenvalue weighted by molar-refractivity contribution is 0.543. The van der Waals surface area contributed by atoms with E-state index in [0.717, 1.165) is 53.5 Å². The Hall–Kier alpha value is -3.22. The van der Waals surface area contributed by atoms with Crippen LogP contribution in [0.3, 0.4) is 0 Å². The monoisotopic (exact) mass is 450 g/mol. The quantitative estimate of drug-likeness (QED) is 0.336. The fourth-order valence-corrected chi connectivity index (χ4v) is 5.66. The Morgan fingerprint density at radius 3 is 1.74 bits per heavy atom. The van der Waals surface area contributed by atoms with Crippen molar-refractivity contribution in [3.63, 3.8) is 0 Å². The van der Waals surface area contributed by atoms with Crippen molar-refractivity contribution in [2.75, 3.05) is 6.54 Å². The Morgan fingerprint density at radius 1 is 0.676 bits per heavy atom. The van der Waals surface area contributed by atoms with E-state index in [9.17, 15) is 0 Å². The SMILES string of the molecule is C[C@H]1CN[C@H](c2ncc(-c3ccc(-c4ccc(-c5cnc([C@@H]6C[C@@H]7C[C@@H]7N6)[nH]5)cc4)cc3)[nH]2)C1. The average molecular weight is 451 g/mol. The van der Waals surface area contributed by atoms with Crippen LogP contribution in [0.25, 0.3) is 33.6 Å². The lowest BCUT2D eigenvalue weighted by Gasteiger charge is -2.09. The second-order valence-electron chi connectivity index (χ2n) is 10.4. The Labute approximate surface area is 199 Å². The maximum absolute atomic E-state index is 4.65. The first-order valence-electron chi connectivity index (χ1n) is 12.5. The van der Waals surface area contributed by atoms with Gasteiger partial charge in [0, 0.05) is 6.04 Å². The van der Waals surface area contributed by atoms with Crippen LogP contribution in [-0.4, -0.2) is 32.5 Å². The van der Waals surface area contributed by atoms with Crippen molar-refractivity contribution in [3.8, 4) is 33.6 Å². The van der Waals surface area contributed by atoms with Gasteiger partial charge in [-0.2, -0.15) is 0 Å². The number of hydrogen-bond acceptors (Lipinski definition) is 4. The zero-order valence-corrected chi connectivity index (χ0v) is 19.4. The number of aromatic amines is 2. The predicted molar refractivity (Wildman–Crippen MR) is 134 cm³/mol. The van der Waals surface area contributed by atoms with Crippen molar-refractivity contribution in [2.45, 2.75) is 44.3 Å². The lowest BCUT2D eigenvalue weighted by Crippen LogP contribution is -2.18. The summed E-state index contributed by atoms with van der Waals surface area (Å²) >= 11 is 0.